The third kappa shape index (κ3) is 2.65. The predicted molar refractivity (Wildman–Crippen MR) is 48.6 cm³/mol. The van der Waals surface area contributed by atoms with Crippen molar-refractivity contribution >= 4 is 5.91 Å². The lowest BCUT2D eigenvalue weighted by Crippen LogP contribution is -2.55. The molecular weight excluding hydrogens is 170 g/mol. The summed E-state index contributed by atoms with van der Waals surface area (Å²) in [7, 11) is 0. The molecular formula is C8H17N3O2. The zero-order valence-electron chi connectivity index (χ0n) is 8.16. The Balaban J connectivity index is 2.50. The van der Waals surface area contributed by atoms with Crippen molar-refractivity contribution < 1.29 is 9.90 Å². The van der Waals surface area contributed by atoms with E-state index in [2.05, 4.69) is 0 Å². The van der Waals surface area contributed by atoms with Crippen molar-refractivity contribution in [3.63, 3.8) is 0 Å². The first-order chi connectivity index (χ1) is 5.91. The maximum atomic E-state index is 11.5. The molecule has 0 atom stereocenters. The molecule has 0 aliphatic carbocycles. The van der Waals surface area contributed by atoms with E-state index >= 15 is 0 Å². The minimum Gasteiger partial charge on any atom is -0.381 e. The Labute approximate surface area is 78.1 Å². The molecule has 0 unspecified atom stereocenters. The van der Waals surface area contributed by atoms with Gasteiger partial charge < -0.3 is 10.0 Å². The summed E-state index contributed by atoms with van der Waals surface area (Å²) in [6.07, 6.45) is 0. The van der Waals surface area contributed by atoms with E-state index in [4.69, 9.17) is 5.84 Å². The fourth-order valence-corrected chi connectivity index (χ4v) is 1.31. The van der Waals surface area contributed by atoms with E-state index in [9.17, 15) is 9.90 Å². The van der Waals surface area contributed by atoms with Gasteiger partial charge in [0.15, 0.2) is 0 Å². The first kappa shape index (κ1) is 10.4. The Hall–Kier alpha value is -0.650. The zero-order chi connectivity index (χ0) is 10.1. The van der Waals surface area contributed by atoms with Crippen LogP contribution in [0.2, 0.25) is 0 Å². The summed E-state index contributed by atoms with van der Waals surface area (Å²) in [4.78, 5) is 13.2. The van der Waals surface area contributed by atoms with Crippen LogP contribution >= 0.6 is 0 Å². The van der Waals surface area contributed by atoms with Crippen molar-refractivity contribution in [2.45, 2.75) is 19.4 Å². The molecule has 1 heterocycles. The van der Waals surface area contributed by atoms with Gasteiger partial charge in [0.1, 0.15) is 5.60 Å². The van der Waals surface area contributed by atoms with Crippen LogP contribution in [0.3, 0.4) is 0 Å². The van der Waals surface area contributed by atoms with Gasteiger partial charge in [0.2, 0.25) is 0 Å². The molecule has 1 fully saturated rings. The largest absolute Gasteiger partial charge is 0.381 e. The second-order valence-corrected chi connectivity index (χ2v) is 3.89. The number of rotatable bonds is 1. The number of hydrogen-bond acceptors (Lipinski definition) is 4. The number of carbonyl (C=O) groups is 1. The van der Waals surface area contributed by atoms with Gasteiger partial charge in [-0.05, 0) is 13.8 Å². The van der Waals surface area contributed by atoms with Gasteiger partial charge in [-0.1, -0.05) is 0 Å². The van der Waals surface area contributed by atoms with Crippen LogP contribution in [0.25, 0.3) is 0 Å². The summed E-state index contributed by atoms with van der Waals surface area (Å²) >= 11 is 0. The topological polar surface area (TPSA) is 69.8 Å². The number of carbonyl (C=O) groups excluding carboxylic acids is 1. The number of piperazine rings is 1. The zero-order valence-corrected chi connectivity index (χ0v) is 8.16. The van der Waals surface area contributed by atoms with Crippen LogP contribution < -0.4 is 5.84 Å². The van der Waals surface area contributed by atoms with E-state index in [1.807, 2.05) is 0 Å². The van der Waals surface area contributed by atoms with Gasteiger partial charge in [0, 0.05) is 26.2 Å². The number of aliphatic hydroxyl groups is 1. The van der Waals surface area contributed by atoms with E-state index in [1.165, 1.54) is 13.8 Å². The lowest BCUT2D eigenvalue weighted by Gasteiger charge is -2.35. The van der Waals surface area contributed by atoms with E-state index in [0.717, 1.165) is 0 Å². The van der Waals surface area contributed by atoms with Crippen molar-refractivity contribution in [2.75, 3.05) is 26.2 Å². The molecule has 0 radical (unpaired) electrons. The molecule has 5 nitrogen and oxygen atoms in total. The number of amides is 1. The average Bonchev–Trinajstić information content (AvgIpc) is 2.03. The standard InChI is InChI=1S/C8H17N3O2/c1-8(2,13)7(12)10-3-5-11(9)6-4-10/h13H,3-6,9H2,1-2H3. The molecule has 0 aromatic carbocycles. The highest BCUT2D eigenvalue weighted by atomic mass is 16.3. The van der Waals surface area contributed by atoms with Crippen molar-refractivity contribution in [3.8, 4) is 0 Å². The number of nitrogens with zero attached hydrogens (tertiary/aromatic N) is 2. The van der Waals surface area contributed by atoms with Crippen LogP contribution in [0.4, 0.5) is 0 Å². The second-order valence-electron chi connectivity index (χ2n) is 3.89. The van der Waals surface area contributed by atoms with Gasteiger partial charge in [-0.15, -0.1) is 0 Å². The molecule has 1 aliphatic rings. The fourth-order valence-electron chi connectivity index (χ4n) is 1.31. The highest BCUT2D eigenvalue weighted by molar-refractivity contribution is 5.84. The number of hydrazine groups is 1. The van der Waals surface area contributed by atoms with Crippen LogP contribution in [0.1, 0.15) is 13.8 Å². The summed E-state index contributed by atoms with van der Waals surface area (Å²) in [5.74, 6) is 5.32. The maximum absolute atomic E-state index is 11.5. The van der Waals surface area contributed by atoms with Crippen molar-refractivity contribution in [2.24, 2.45) is 5.84 Å². The molecule has 0 aromatic rings. The molecule has 0 bridgehead atoms. The lowest BCUT2D eigenvalue weighted by atomic mass is 10.1. The van der Waals surface area contributed by atoms with Crippen LogP contribution in [-0.4, -0.2) is 52.7 Å². The average molecular weight is 187 g/mol. The molecule has 1 amide bonds. The molecule has 0 spiro atoms. The van der Waals surface area contributed by atoms with Crippen LogP contribution in [-0.2, 0) is 4.79 Å². The fraction of sp³-hybridized carbons (Fsp3) is 0.875. The highest BCUT2D eigenvalue weighted by Gasteiger charge is 2.30. The Morgan fingerprint density at radius 2 is 1.77 bits per heavy atom. The molecule has 5 heteroatoms. The van der Waals surface area contributed by atoms with Gasteiger partial charge in [-0.3, -0.25) is 10.6 Å². The third-order valence-electron chi connectivity index (χ3n) is 2.12. The van der Waals surface area contributed by atoms with Crippen molar-refractivity contribution in [3.05, 3.63) is 0 Å². The van der Waals surface area contributed by atoms with Gasteiger partial charge in [0.25, 0.3) is 5.91 Å². The molecule has 76 valence electrons. The lowest BCUT2D eigenvalue weighted by molar-refractivity contribution is -0.149. The van der Waals surface area contributed by atoms with Gasteiger partial charge in [-0.2, -0.15) is 0 Å². The summed E-state index contributed by atoms with van der Waals surface area (Å²) in [5.41, 5.74) is -1.27. The number of hydrogen-bond donors (Lipinski definition) is 2. The Bertz CT molecular complexity index is 192. The first-order valence-electron chi connectivity index (χ1n) is 4.42. The Morgan fingerprint density at radius 3 is 2.15 bits per heavy atom. The third-order valence-corrected chi connectivity index (χ3v) is 2.12. The molecule has 1 aliphatic heterocycles. The molecule has 0 saturated carbocycles. The quantitative estimate of drug-likeness (QED) is 0.505. The van der Waals surface area contributed by atoms with Crippen LogP contribution in [0, 0.1) is 0 Å². The molecule has 0 aromatic heterocycles. The van der Waals surface area contributed by atoms with Crippen molar-refractivity contribution in [1.82, 2.24) is 9.91 Å². The second kappa shape index (κ2) is 3.61. The van der Waals surface area contributed by atoms with E-state index in [1.54, 1.807) is 9.91 Å². The molecule has 3 N–H and O–H groups in total. The summed E-state index contributed by atoms with van der Waals surface area (Å²) in [5, 5.41) is 11.1. The molecule has 1 rings (SSSR count). The van der Waals surface area contributed by atoms with Gasteiger partial charge >= 0.3 is 0 Å². The predicted octanol–water partition coefficient (Wildman–Crippen LogP) is -1.22. The normalized spacial score (nSPS) is 20.5. The van der Waals surface area contributed by atoms with E-state index < -0.39 is 5.60 Å². The van der Waals surface area contributed by atoms with E-state index in [-0.39, 0.29) is 5.91 Å². The van der Waals surface area contributed by atoms with Gasteiger partial charge in [0.05, 0.1) is 0 Å². The summed E-state index contributed by atoms with van der Waals surface area (Å²) in [6, 6.07) is 0. The Morgan fingerprint density at radius 1 is 1.31 bits per heavy atom. The van der Waals surface area contributed by atoms with Gasteiger partial charge in [-0.25, -0.2) is 5.01 Å². The first-order valence-corrected chi connectivity index (χ1v) is 4.42. The maximum Gasteiger partial charge on any atom is 0.254 e. The van der Waals surface area contributed by atoms with Crippen molar-refractivity contribution in [1.29, 1.82) is 0 Å². The van der Waals surface area contributed by atoms with E-state index in [0.29, 0.717) is 26.2 Å². The molecule has 13 heavy (non-hydrogen) atoms. The smallest absolute Gasteiger partial charge is 0.254 e. The minimum atomic E-state index is -1.27. The summed E-state index contributed by atoms with van der Waals surface area (Å²) < 4.78 is 0. The monoisotopic (exact) mass is 187 g/mol. The Kier molecular flexibility index (Phi) is 2.90. The molecule has 1 saturated heterocycles. The number of nitrogens with two attached hydrogens (primary N) is 1. The van der Waals surface area contributed by atoms with Crippen LogP contribution in [0.15, 0.2) is 0 Å². The highest BCUT2D eigenvalue weighted by Crippen LogP contribution is 2.09. The minimum absolute atomic E-state index is 0.222. The summed E-state index contributed by atoms with van der Waals surface area (Å²) in [6.45, 7) is 5.54. The SMILES string of the molecule is CC(C)(O)C(=O)N1CCN(N)CC1. The van der Waals surface area contributed by atoms with Crippen LogP contribution in [0.5, 0.6) is 0 Å².